The van der Waals surface area contributed by atoms with E-state index in [9.17, 15) is 9.59 Å². The second-order valence-corrected chi connectivity index (χ2v) is 7.64. The number of nitrogens with zero attached hydrogens (tertiary/aromatic N) is 2. The molecule has 0 bridgehead atoms. The van der Waals surface area contributed by atoms with E-state index in [0.717, 1.165) is 11.1 Å². The first-order valence-electron chi connectivity index (χ1n) is 9.36. The molecule has 4 rings (SSSR count). The number of halogens is 1. The van der Waals surface area contributed by atoms with Crippen LogP contribution in [0.4, 0.5) is 5.69 Å². The molecule has 1 aliphatic heterocycles. The second kappa shape index (κ2) is 8.05. The summed E-state index contributed by atoms with van der Waals surface area (Å²) in [7, 11) is 0. The number of benzene rings is 2. The quantitative estimate of drug-likeness (QED) is 0.671. The lowest BCUT2D eigenvalue weighted by atomic mass is 9.98. The van der Waals surface area contributed by atoms with Gasteiger partial charge in [-0.15, -0.1) is 0 Å². The van der Waals surface area contributed by atoms with Crippen LogP contribution in [0.5, 0.6) is 0 Å². The molecule has 146 valence electrons. The predicted octanol–water partition coefficient (Wildman–Crippen LogP) is 3.70. The summed E-state index contributed by atoms with van der Waals surface area (Å²) in [4.78, 5) is 32.5. The third-order valence-electron chi connectivity index (χ3n) is 5.16. The van der Waals surface area contributed by atoms with Crippen LogP contribution in [0.25, 0.3) is 0 Å². The molecule has 0 saturated carbocycles. The minimum Gasteiger partial charge on any atom is -0.399 e. The number of nitrogen functional groups attached to an aromatic ring is 1. The molecule has 2 N–H and O–H groups in total. The van der Waals surface area contributed by atoms with Crippen molar-refractivity contribution in [1.29, 1.82) is 0 Å². The summed E-state index contributed by atoms with van der Waals surface area (Å²) in [5.41, 5.74) is 9.45. The van der Waals surface area contributed by atoms with E-state index in [4.69, 9.17) is 17.3 Å². The van der Waals surface area contributed by atoms with Crippen LogP contribution < -0.4 is 5.73 Å². The first-order chi connectivity index (χ1) is 14.0. The molecule has 1 aliphatic rings. The highest BCUT2D eigenvalue weighted by molar-refractivity contribution is 6.30. The highest BCUT2D eigenvalue weighted by Gasteiger charge is 2.35. The Morgan fingerprint density at radius 1 is 1.07 bits per heavy atom. The molecule has 29 heavy (non-hydrogen) atoms. The maximum atomic E-state index is 13.5. The number of amides is 1. The highest BCUT2D eigenvalue weighted by Crippen LogP contribution is 2.27. The number of ketones is 1. The fourth-order valence-electron chi connectivity index (χ4n) is 3.66. The number of carbonyl (C=O) groups is 2. The fourth-order valence-corrected chi connectivity index (χ4v) is 3.86. The zero-order valence-corrected chi connectivity index (χ0v) is 16.5. The van der Waals surface area contributed by atoms with Crippen LogP contribution in [-0.2, 0) is 24.2 Å². The minimum absolute atomic E-state index is 0.0151. The molecule has 5 nitrogen and oxygen atoms in total. The molecule has 1 amide bonds. The number of fused-ring (bicyclic) bond motifs is 1. The Labute approximate surface area is 174 Å². The van der Waals surface area contributed by atoms with Gasteiger partial charge in [-0.25, -0.2) is 0 Å². The van der Waals surface area contributed by atoms with Crippen molar-refractivity contribution in [3.8, 4) is 0 Å². The van der Waals surface area contributed by atoms with Gasteiger partial charge in [-0.3, -0.25) is 14.6 Å². The third-order valence-corrected chi connectivity index (χ3v) is 5.39. The van der Waals surface area contributed by atoms with Crippen molar-refractivity contribution >= 4 is 29.0 Å². The minimum atomic E-state index is -0.588. The van der Waals surface area contributed by atoms with Crippen LogP contribution in [0.3, 0.4) is 0 Å². The van der Waals surface area contributed by atoms with Gasteiger partial charge in [-0.2, -0.15) is 0 Å². The maximum Gasteiger partial charge on any atom is 0.255 e. The first kappa shape index (κ1) is 19.2. The summed E-state index contributed by atoms with van der Waals surface area (Å²) >= 11 is 6.12. The van der Waals surface area contributed by atoms with E-state index in [1.807, 2.05) is 24.3 Å². The molecule has 6 heteroatoms. The third kappa shape index (κ3) is 4.15. The molecule has 0 fully saturated rings. The largest absolute Gasteiger partial charge is 0.399 e. The van der Waals surface area contributed by atoms with Gasteiger partial charge in [0.1, 0.15) is 0 Å². The summed E-state index contributed by atoms with van der Waals surface area (Å²) < 4.78 is 0. The topological polar surface area (TPSA) is 76.3 Å². The zero-order valence-electron chi connectivity index (χ0n) is 15.7. The Bertz CT molecular complexity index is 1050. The van der Waals surface area contributed by atoms with E-state index in [1.54, 1.807) is 47.6 Å². The molecule has 1 atom stereocenters. The fraction of sp³-hybridized carbons (Fsp3) is 0.174. The number of Topliss-reactive ketones (excluding diaryl/α,β-unsaturated/α-hetero) is 1. The molecule has 0 radical (unpaired) electrons. The summed E-state index contributed by atoms with van der Waals surface area (Å²) in [6.45, 7) is 0.317. The summed E-state index contributed by atoms with van der Waals surface area (Å²) in [6, 6.07) is 15.6. The van der Waals surface area contributed by atoms with E-state index in [2.05, 4.69) is 4.98 Å². The van der Waals surface area contributed by atoms with Gasteiger partial charge in [-0.05, 0) is 53.1 Å². The number of hydrogen-bond acceptors (Lipinski definition) is 4. The Morgan fingerprint density at radius 3 is 2.59 bits per heavy atom. The van der Waals surface area contributed by atoms with Gasteiger partial charge in [0.15, 0.2) is 5.78 Å². The van der Waals surface area contributed by atoms with Crippen molar-refractivity contribution < 1.29 is 9.59 Å². The van der Waals surface area contributed by atoms with Gasteiger partial charge in [0.25, 0.3) is 5.91 Å². The summed E-state index contributed by atoms with van der Waals surface area (Å²) in [5.74, 6) is -0.188. The molecule has 2 heterocycles. The standard InChI is InChI=1S/C23H20ClN3O2/c24-18-5-8-20-17(11-18)12-22(28)21(10-16-2-1-9-26-13-16)27(23(20)29)14-15-3-6-19(25)7-4-15/h1-9,11,13,21H,10,12,14,25H2/t21-/m1/s1. The molecule has 3 aromatic rings. The van der Waals surface area contributed by atoms with Gasteiger partial charge < -0.3 is 10.6 Å². The maximum absolute atomic E-state index is 13.5. The van der Waals surface area contributed by atoms with E-state index >= 15 is 0 Å². The van der Waals surface area contributed by atoms with Crippen molar-refractivity contribution in [2.45, 2.75) is 25.4 Å². The van der Waals surface area contributed by atoms with Crippen molar-refractivity contribution in [3.05, 3.63) is 94.3 Å². The molecule has 0 unspecified atom stereocenters. The lowest BCUT2D eigenvalue weighted by Crippen LogP contribution is -2.44. The van der Waals surface area contributed by atoms with Crippen molar-refractivity contribution in [1.82, 2.24) is 9.88 Å². The number of pyridine rings is 1. The SMILES string of the molecule is Nc1ccc(CN2C(=O)c3ccc(Cl)cc3CC(=O)[C@H]2Cc2cccnc2)cc1. The normalized spacial score (nSPS) is 16.4. The average Bonchev–Trinajstić information content (AvgIpc) is 2.80. The Hall–Kier alpha value is -3.18. The van der Waals surface area contributed by atoms with Crippen LogP contribution in [0, 0.1) is 0 Å². The van der Waals surface area contributed by atoms with Crippen LogP contribution in [0.2, 0.25) is 5.02 Å². The summed E-state index contributed by atoms with van der Waals surface area (Å²) in [5, 5.41) is 0.514. The van der Waals surface area contributed by atoms with Crippen LogP contribution in [0.1, 0.15) is 27.0 Å². The van der Waals surface area contributed by atoms with E-state index < -0.39 is 6.04 Å². The number of aromatic nitrogens is 1. The highest BCUT2D eigenvalue weighted by atomic mass is 35.5. The Morgan fingerprint density at radius 2 is 1.86 bits per heavy atom. The van der Waals surface area contributed by atoms with Gasteiger partial charge in [0.2, 0.25) is 0 Å². The zero-order chi connectivity index (χ0) is 20.4. The lowest BCUT2D eigenvalue weighted by Gasteiger charge is -2.29. The van der Waals surface area contributed by atoms with Crippen molar-refractivity contribution in [3.63, 3.8) is 0 Å². The smallest absolute Gasteiger partial charge is 0.255 e. The lowest BCUT2D eigenvalue weighted by molar-refractivity contribution is -0.122. The number of carbonyl (C=O) groups excluding carboxylic acids is 2. The second-order valence-electron chi connectivity index (χ2n) is 7.20. The van der Waals surface area contributed by atoms with Gasteiger partial charge in [0, 0.05) is 48.1 Å². The van der Waals surface area contributed by atoms with Gasteiger partial charge in [0.05, 0.1) is 6.04 Å². The first-order valence-corrected chi connectivity index (χ1v) is 9.74. The van der Waals surface area contributed by atoms with E-state index in [1.165, 1.54) is 0 Å². The van der Waals surface area contributed by atoms with E-state index in [0.29, 0.717) is 34.8 Å². The number of hydrogen-bond donors (Lipinski definition) is 1. The molecular weight excluding hydrogens is 386 g/mol. The molecule has 0 spiro atoms. The molecule has 1 aromatic heterocycles. The molecule has 0 saturated heterocycles. The van der Waals surface area contributed by atoms with Crippen LogP contribution >= 0.6 is 11.6 Å². The molecule has 2 aromatic carbocycles. The van der Waals surface area contributed by atoms with Gasteiger partial charge >= 0.3 is 0 Å². The number of rotatable bonds is 4. The Kier molecular flexibility index (Phi) is 5.32. The molecule has 0 aliphatic carbocycles. The van der Waals surface area contributed by atoms with E-state index in [-0.39, 0.29) is 18.1 Å². The van der Waals surface area contributed by atoms with Crippen molar-refractivity contribution in [2.24, 2.45) is 0 Å². The van der Waals surface area contributed by atoms with Crippen LogP contribution in [0.15, 0.2) is 67.0 Å². The van der Waals surface area contributed by atoms with Crippen LogP contribution in [-0.4, -0.2) is 27.6 Å². The Balaban J connectivity index is 1.75. The molecular formula is C23H20ClN3O2. The summed E-state index contributed by atoms with van der Waals surface area (Å²) in [6.07, 6.45) is 4.00. The number of anilines is 1. The predicted molar refractivity (Wildman–Crippen MR) is 113 cm³/mol. The van der Waals surface area contributed by atoms with Gasteiger partial charge in [-0.1, -0.05) is 29.8 Å². The average molecular weight is 406 g/mol. The monoisotopic (exact) mass is 405 g/mol. The van der Waals surface area contributed by atoms with Crippen molar-refractivity contribution in [2.75, 3.05) is 5.73 Å². The number of nitrogens with two attached hydrogens (primary N) is 1.